The number of methoxy groups -OCH3 is 2. The zero-order valence-electron chi connectivity index (χ0n) is 21.9. The third kappa shape index (κ3) is 6.27. The van der Waals surface area contributed by atoms with Crippen molar-refractivity contribution in [2.75, 3.05) is 19.1 Å². The molecule has 3 aromatic rings. The second-order valence-electron chi connectivity index (χ2n) is 9.25. The van der Waals surface area contributed by atoms with Gasteiger partial charge >= 0.3 is 0 Å². The molecule has 0 spiro atoms. The van der Waals surface area contributed by atoms with Crippen LogP contribution in [0.3, 0.4) is 0 Å². The molecule has 1 aromatic heterocycles. The van der Waals surface area contributed by atoms with Crippen molar-refractivity contribution in [3.63, 3.8) is 0 Å². The smallest absolute Gasteiger partial charge is 0.251 e. The Bertz CT molecular complexity index is 1240. The predicted octanol–water partition coefficient (Wildman–Crippen LogP) is 3.76. The van der Waals surface area contributed by atoms with E-state index in [4.69, 9.17) is 9.47 Å². The van der Waals surface area contributed by atoms with E-state index in [0.717, 1.165) is 25.7 Å². The Morgan fingerprint density at radius 1 is 1.11 bits per heavy atom. The minimum atomic E-state index is -0.757. The lowest BCUT2D eigenvalue weighted by Gasteiger charge is -2.31. The largest absolute Gasteiger partial charge is 0.493 e. The number of nitrogens with one attached hydrogen (secondary N) is 1. The highest BCUT2D eigenvalue weighted by Crippen LogP contribution is 2.31. The lowest BCUT2D eigenvalue weighted by atomic mass is 10.1. The first-order valence-electron chi connectivity index (χ1n) is 12.8. The van der Waals surface area contributed by atoms with Gasteiger partial charge in [-0.3, -0.25) is 14.5 Å². The average molecular weight is 525 g/mol. The van der Waals surface area contributed by atoms with E-state index in [9.17, 15) is 14.0 Å². The van der Waals surface area contributed by atoms with Gasteiger partial charge in [0.2, 0.25) is 11.7 Å². The van der Waals surface area contributed by atoms with E-state index in [1.54, 1.807) is 25.3 Å². The standard InChI is InChI=1S/C27H33FN6O4/c1-4-7-22(27(36)29-20-8-5-6-9-20)34(21-13-11-19(28)12-14-21)25(35)17-33-31-26(30-32-33)18-10-15-23(37-2)24(16-18)38-3/h10-16,20,22H,4-9,17H2,1-3H3,(H,29,36). The van der Waals surface area contributed by atoms with Crippen LogP contribution in [-0.2, 0) is 16.1 Å². The van der Waals surface area contributed by atoms with Crippen LogP contribution in [0.25, 0.3) is 11.4 Å². The van der Waals surface area contributed by atoms with Crippen LogP contribution in [0.2, 0.25) is 0 Å². The number of anilines is 1. The van der Waals surface area contributed by atoms with Crippen LogP contribution < -0.4 is 19.7 Å². The third-order valence-electron chi connectivity index (χ3n) is 6.62. The number of ether oxygens (including phenoxy) is 2. The molecule has 0 radical (unpaired) electrons. The summed E-state index contributed by atoms with van der Waals surface area (Å²) in [6.07, 6.45) is 5.13. The molecule has 2 amide bonds. The Morgan fingerprint density at radius 3 is 2.47 bits per heavy atom. The van der Waals surface area contributed by atoms with Crippen molar-refractivity contribution in [1.82, 2.24) is 25.5 Å². The summed E-state index contributed by atoms with van der Waals surface area (Å²) in [6, 6.07) is 10.1. The van der Waals surface area contributed by atoms with E-state index in [1.807, 2.05) is 6.92 Å². The van der Waals surface area contributed by atoms with Crippen molar-refractivity contribution in [3.8, 4) is 22.9 Å². The van der Waals surface area contributed by atoms with Crippen LogP contribution in [0.1, 0.15) is 45.4 Å². The second kappa shape index (κ2) is 12.5. The number of hydrogen-bond acceptors (Lipinski definition) is 7. The molecule has 1 atom stereocenters. The summed E-state index contributed by atoms with van der Waals surface area (Å²) in [6.45, 7) is 1.70. The van der Waals surface area contributed by atoms with Crippen molar-refractivity contribution in [2.45, 2.75) is 64.1 Å². The molecule has 4 rings (SSSR count). The van der Waals surface area contributed by atoms with Gasteiger partial charge in [0.25, 0.3) is 5.91 Å². The number of carbonyl (C=O) groups is 2. The van der Waals surface area contributed by atoms with Gasteiger partial charge in [0.15, 0.2) is 11.5 Å². The van der Waals surface area contributed by atoms with E-state index in [0.29, 0.717) is 41.4 Å². The number of rotatable bonds is 11. The lowest BCUT2D eigenvalue weighted by Crippen LogP contribution is -2.52. The van der Waals surface area contributed by atoms with Crippen molar-refractivity contribution < 1.29 is 23.5 Å². The summed E-state index contributed by atoms with van der Waals surface area (Å²) in [5.41, 5.74) is 1.06. The number of carbonyl (C=O) groups excluding carboxylic acids is 2. The predicted molar refractivity (Wildman–Crippen MR) is 139 cm³/mol. The number of tetrazole rings is 1. The van der Waals surface area contributed by atoms with Gasteiger partial charge in [-0.2, -0.15) is 4.80 Å². The summed E-state index contributed by atoms with van der Waals surface area (Å²) < 4.78 is 24.3. The molecule has 1 N–H and O–H groups in total. The fraction of sp³-hybridized carbons (Fsp3) is 0.444. The molecule has 1 heterocycles. The summed E-state index contributed by atoms with van der Waals surface area (Å²) in [5.74, 6) is 0.321. The van der Waals surface area contributed by atoms with Crippen LogP contribution in [-0.4, -0.2) is 58.3 Å². The van der Waals surface area contributed by atoms with Gasteiger partial charge in [0.05, 0.1) is 14.2 Å². The molecule has 10 nitrogen and oxygen atoms in total. The number of nitrogens with zero attached hydrogens (tertiary/aromatic N) is 5. The van der Waals surface area contributed by atoms with Gasteiger partial charge in [-0.1, -0.05) is 26.2 Å². The van der Waals surface area contributed by atoms with Crippen LogP contribution in [0.5, 0.6) is 11.5 Å². The van der Waals surface area contributed by atoms with E-state index >= 15 is 0 Å². The van der Waals surface area contributed by atoms with E-state index < -0.39 is 17.8 Å². The highest BCUT2D eigenvalue weighted by Gasteiger charge is 2.32. The molecule has 202 valence electrons. The average Bonchev–Trinajstić information content (AvgIpc) is 3.61. The number of amides is 2. The monoisotopic (exact) mass is 524 g/mol. The van der Waals surface area contributed by atoms with Crippen molar-refractivity contribution in [1.29, 1.82) is 0 Å². The van der Waals surface area contributed by atoms with Crippen LogP contribution >= 0.6 is 0 Å². The lowest BCUT2D eigenvalue weighted by molar-refractivity contribution is -0.127. The van der Waals surface area contributed by atoms with Gasteiger partial charge < -0.3 is 14.8 Å². The molecule has 0 bridgehead atoms. The van der Waals surface area contributed by atoms with Gasteiger partial charge in [-0.25, -0.2) is 4.39 Å². The SMILES string of the molecule is CCCC(C(=O)NC1CCCC1)N(C(=O)Cn1nnc(-c2ccc(OC)c(OC)c2)n1)c1ccc(F)cc1. The van der Waals surface area contributed by atoms with Crippen LogP contribution in [0.4, 0.5) is 10.1 Å². The molecule has 38 heavy (non-hydrogen) atoms. The molecule has 1 fully saturated rings. The molecule has 0 aliphatic heterocycles. The van der Waals surface area contributed by atoms with Crippen molar-refractivity contribution in [3.05, 3.63) is 48.3 Å². The maximum absolute atomic E-state index is 13.7. The van der Waals surface area contributed by atoms with Gasteiger partial charge in [0, 0.05) is 17.3 Å². The van der Waals surface area contributed by atoms with E-state index in [1.165, 1.54) is 41.1 Å². The van der Waals surface area contributed by atoms with Gasteiger partial charge in [-0.05, 0) is 66.9 Å². The molecule has 1 aliphatic rings. The Labute approximate surface area is 221 Å². The first-order chi connectivity index (χ1) is 18.4. The molecule has 11 heteroatoms. The fourth-order valence-electron chi connectivity index (χ4n) is 4.72. The summed E-state index contributed by atoms with van der Waals surface area (Å²) in [4.78, 5) is 29.7. The molecular formula is C27H33FN6O4. The first-order valence-corrected chi connectivity index (χ1v) is 12.8. The Morgan fingerprint density at radius 2 is 1.82 bits per heavy atom. The van der Waals surface area contributed by atoms with Crippen LogP contribution in [0.15, 0.2) is 42.5 Å². The molecule has 2 aromatic carbocycles. The summed E-state index contributed by atoms with van der Waals surface area (Å²) >= 11 is 0. The summed E-state index contributed by atoms with van der Waals surface area (Å²) in [5, 5.41) is 15.6. The van der Waals surface area contributed by atoms with Crippen molar-refractivity contribution >= 4 is 17.5 Å². The van der Waals surface area contributed by atoms with Crippen molar-refractivity contribution in [2.24, 2.45) is 0 Å². The highest BCUT2D eigenvalue weighted by atomic mass is 19.1. The van der Waals surface area contributed by atoms with Gasteiger partial charge in [-0.15, -0.1) is 10.2 Å². The zero-order valence-corrected chi connectivity index (χ0v) is 21.9. The molecule has 1 aliphatic carbocycles. The highest BCUT2D eigenvalue weighted by molar-refractivity contribution is 6.00. The fourth-order valence-corrected chi connectivity index (χ4v) is 4.72. The third-order valence-corrected chi connectivity index (χ3v) is 6.62. The molecule has 1 saturated carbocycles. The normalized spacial score (nSPS) is 14.2. The number of aromatic nitrogens is 4. The topological polar surface area (TPSA) is 111 Å². The molecule has 0 saturated heterocycles. The van der Waals surface area contributed by atoms with E-state index in [-0.39, 0.29) is 18.5 Å². The maximum Gasteiger partial charge on any atom is 0.251 e. The number of benzene rings is 2. The molecular weight excluding hydrogens is 491 g/mol. The minimum Gasteiger partial charge on any atom is -0.493 e. The quantitative estimate of drug-likeness (QED) is 0.407. The molecule has 1 unspecified atom stereocenters. The second-order valence-corrected chi connectivity index (χ2v) is 9.25. The Kier molecular flexibility index (Phi) is 8.88. The van der Waals surface area contributed by atoms with Crippen LogP contribution in [0, 0.1) is 5.82 Å². The number of halogens is 1. The summed E-state index contributed by atoms with van der Waals surface area (Å²) in [7, 11) is 3.08. The first kappa shape index (κ1) is 27.0. The maximum atomic E-state index is 13.7. The van der Waals surface area contributed by atoms with Gasteiger partial charge in [0.1, 0.15) is 18.4 Å². The zero-order chi connectivity index (χ0) is 27.1. The minimum absolute atomic E-state index is 0.105. The van der Waals surface area contributed by atoms with E-state index in [2.05, 4.69) is 20.7 Å². The Balaban J connectivity index is 1.59. The number of hydrogen-bond donors (Lipinski definition) is 1. The Hall–Kier alpha value is -4.02.